The third kappa shape index (κ3) is 4.58. The lowest BCUT2D eigenvalue weighted by Gasteiger charge is -2.22. The topological polar surface area (TPSA) is 57.7 Å². The molecule has 0 unspecified atom stereocenters. The number of hydrogen-bond acceptors (Lipinski definition) is 6. The highest BCUT2D eigenvalue weighted by Crippen LogP contribution is 2.30. The average molecular weight is 361 g/mol. The highest BCUT2D eigenvalue weighted by atomic mass is 32.1. The molecule has 1 fully saturated rings. The average Bonchev–Trinajstić information content (AvgIpc) is 3.15. The molecule has 1 aromatic carbocycles. The van der Waals surface area contributed by atoms with Crippen molar-refractivity contribution in [3.8, 4) is 16.3 Å². The van der Waals surface area contributed by atoms with Gasteiger partial charge in [0, 0.05) is 29.9 Å². The molecule has 0 spiro atoms. The largest absolute Gasteiger partial charge is 0.493 e. The lowest BCUT2D eigenvalue weighted by atomic mass is 10.0. The first-order chi connectivity index (χ1) is 12.2. The Morgan fingerprint density at radius 1 is 1.32 bits per heavy atom. The zero-order valence-electron chi connectivity index (χ0n) is 14.6. The summed E-state index contributed by atoms with van der Waals surface area (Å²) in [6.07, 6.45) is 4.85. The summed E-state index contributed by atoms with van der Waals surface area (Å²) in [4.78, 5) is 17.7. The molecule has 2 aromatic rings. The summed E-state index contributed by atoms with van der Waals surface area (Å²) < 4.78 is 16.2. The van der Waals surface area contributed by atoms with Crippen LogP contribution in [0.2, 0.25) is 0 Å². The number of ether oxygens (including phenoxy) is 3. The Kier molecular flexibility index (Phi) is 6.04. The fourth-order valence-corrected chi connectivity index (χ4v) is 3.61. The summed E-state index contributed by atoms with van der Waals surface area (Å²) in [5, 5.41) is 0.888. The monoisotopic (exact) mass is 361 g/mol. The Morgan fingerprint density at radius 3 is 2.80 bits per heavy atom. The van der Waals surface area contributed by atoms with Gasteiger partial charge >= 0.3 is 5.97 Å². The van der Waals surface area contributed by atoms with Gasteiger partial charge in [-0.3, -0.25) is 0 Å². The summed E-state index contributed by atoms with van der Waals surface area (Å²) in [7, 11) is 1.39. The molecule has 3 rings (SSSR count). The van der Waals surface area contributed by atoms with Crippen molar-refractivity contribution in [1.82, 2.24) is 4.98 Å². The molecule has 2 heterocycles. The van der Waals surface area contributed by atoms with E-state index in [0.717, 1.165) is 43.0 Å². The summed E-state index contributed by atoms with van der Waals surface area (Å²) in [6, 6.07) is 5.50. The Labute approximate surface area is 151 Å². The van der Waals surface area contributed by atoms with Crippen molar-refractivity contribution in [2.45, 2.75) is 26.2 Å². The van der Waals surface area contributed by atoms with Crippen LogP contribution < -0.4 is 4.74 Å². The highest BCUT2D eigenvalue weighted by molar-refractivity contribution is 7.15. The van der Waals surface area contributed by atoms with Gasteiger partial charge in [-0.25, -0.2) is 9.78 Å². The van der Waals surface area contributed by atoms with E-state index in [1.807, 2.05) is 18.3 Å². The number of nitrogens with zero attached hydrogens (tertiary/aromatic N) is 1. The van der Waals surface area contributed by atoms with Gasteiger partial charge in [-0.05, 0) is 43.4 Å². The molecule has 0 bridgehead atoms. The van der Waals surface area contributed by atoms with Crippen molar-refractivity contribution in [2.75, 3.05) is 26.9 Å². The van der Waals surface area contributed by atoms with Crippen LogP contribution in [0.15, 0.2) is 24.4 Å². The Bertz CT molecular complexity index is 722. The van der Waals surface area contributed by atoms with Crippen LogP contribution in [0.5, 0.6) is 5.75 Å². The molecule has 1 aromatic heterocycles. The number of hydrogen-bond donors (Lipinski definition) is 0. The van der Waals surface area contributed by atoms with E-state index in [1.54, 1.807) is 17.4 Å². The molecule has 6 heteroatoms. The smallest absolute Gasteiger partial charge is 0.338 e. The van der Waals surface area contributed by atoms with Crippen molar-refractivity contribution in [1.29, 1.82) is 0 Å². The van der Waals surface area contributed by atoms with E-state index in [1.165, 1.54) is 12.0 Å². The number of rotatable bonds is 6. The molecular formula is C19H23NO4S. The molecule has 1 saturated heterocycles. The molecule has 0 radical (unpaired) electrons. The maximum absolute atomic E-state index is 12.0. The van der Waals surface area contributed by atoms with Gasteiger partial charge in [0.2, 0.25) is 0 Å². The minimum absolute atomic E-state index is 0.370. The molecule has 0 aliphatic carbocycles. The first-order valence-corrected chi connectivity index (χ1v) is 9.40. The number of aryl methyl sites for hydroxylation is 1. The lowest BCUT2D eigenvalue weighted by Crippen LogP contribution is -2.21. The second-order valence-electron chi connectivity index (χ2n) is 6.09. The summed E-state index contributed by atoms with van der Waals surface area (Å²) >= 11 is 1.63. The van der Waals surface area contributed by atoms with Crippen molar-refractivity contribution >= 4 is 17.3 Å². The van der Waals surface area contributed by atoms with Crippen LogP contribution in [0.4, 0.5) is 0 Å². The van der Waals surface area contributed by atoms with Crippen molar-refractivity contribution < 1.29 is 19.0 Å². The summed E-state index contributed by atoms with van der Waals surface area (Å²) in [5.74, 6) is 0.799. The van der Waals surface area contributed by atoms with E-state index in [4.69, 9.17) is 14.2 Å². The van der Waals surface area contributed by atoms with E-state index in [2.05, 4.69) is 11.9 Å². The third-order valence-electron chi connectivity index (χ3n) is 4.30. The molecule has 1 aliphatic heterocycles. The zero-order valence-corrected chi connectivity index (χ0v) is 15.4. The highest BCUT2D eigenvalue weighted by Gasteiger charge is 2.17. The summed E-state index contributed by atoms with van der Waals surface area (Å²) in [6.45, 7) is 4.32. The van der Waals surface area contributed by atoms with Crippen LogP contribution >= 0.6 is 11.3 Å². The van der Waals surface area contributed by atoms with Gasteiger partial charge in [0.05, 0.1) is 19.3 Å². The van der Waals surface area contributed by atoms with Crippen LogP contribution in [0.3, 0.4) is 0 Å². The van der Waals surface area contributed by atoms with Crippen LogP contribution in [0.25, 0.3) is 10.6 Å². The van der Waals surface area contributed by atoms with Crippen LogP contribution in [-0.2, 0) is 15.9 Å². The van der Waals surface area contributed by atoms with Gasteiger partial charge in [0.1, 0.15) is 10.8 Å². The molecule has 1 aliphatic rings. The van der Waals surface area contributed by atoms with Gasteiger partial charge in [0.25, 0.3) is 0 Å². The van der Waals surface area contributed by atoms with Crippen LogP contribution in [0, 0.1) is 5.92 Å². The minimum Gasteiger partial charge on any atom is -0.493 e. The maximum Gasteiger partial charge on any atom is 0.338 e. The Morgan fingerprint density at radius 2 is 2.12 bits per heavy atom. The van der Waals surface area contributed by atoms with E-state index in [0.29, 0.717) is 23.8 Å². The van der Waals surface area contributed by atoms with Crippen molar-refractivity contribution in [3.63, 3.8) is 0 Å². The molecule has 5 nitrogen and oxygen atoms in total. The number of esters is 1. The van der Waals surface area contributed by atoms with Gasteiger partial charge in [0.15, 0.2) is 0 Å². The van der Waals surface area contributed by atoms with Gasteiger partial charge < -0.3 is 14.2 Å². The SMILES string of the molecule is CCc1cnc(-c2cc(OCC3CCOCC3)cc(C(=O)OC)c2)s1. The number of methoxy groups -OCH3 is 1. The predicted molar refractivity (Wildman–Crippen MR) is 97.3 cm³/mol. The molecule has 25 heavy (non-hydrogen) atoms. The quantitative estimate of drug-likeness (QED) is 0.729. The standard InChI is InChI=1S/C19H23NO4S/c1-3-17-11-20-18(25-17)14-8-15(19(21)22-2)10-16(9-14)24-12-13-4-6-23-7-5-13/h8-11,13H,3-7,12H2,1-2H3. The first kappa shape index (κ1) is 17.9. The maximum atomic E-state index is 12.0. The summed E-state index contributed by atoms with van der Waals surface area (Å²) in [5.41, 5.74) is 1.37. The second kappa shape index (κ2) is 8.45. The van der Waals surface area contributed by atoms with E-state index in [-0.39, 0.29) is 5.97 Å². The predicted octanol–water partition coefficient (Wildman–Crippen LogP) is 3.96. The Balaban J connectivity index is 1.82. The number of aromatic nitrogens is 1. The number of carbonyl (C=O) groups is 1. The molecular weight excluding hydrogens is 338 g/mol. The van der Waals surface area contributed by atoms with Crippen molar-refractivity contribution in [2.24, 2.45) is 5.92 Å². The first-order valence-electron chi connectivity index (χ1n) is 8.58. The van der Waals surface area contributed by atoms with Gasteiger partial charge in [-0.2, -0.15) is 0 Å². The van der Waals surface area contributed by atoms with Crippen molar-refractivity contribution in [3.05, 3.63) is 34.8 Å². The molecule has 0 N–H and O–H groups in total. The molecule has 0 amide bonds. The van der Waals surface area contributed by atoms with Crippen LogP contribution in [0.1, 0.15) is 35.0 Å². The lowest BCUT2D eigenvalue weighted by molar-refractivity contribution is 0.0497. The fraction of sp³-hybridized carbons (Fsp3) is 0.474. The number of carbonyl (C=O) groups excluding carboxylic acids is 1. The van der Waals surface area contributed by atoms with Gasteiger partial charge in [-0.15, -0.1) is 11.3 Å². The number of benzene rings is 1. The van der Waals surface area contributed by atoms with Crippen LogP contribution in [-0.4, -0.2) is 37.9 Å². The van der Waals surface area contributed by atoms with E-state index >= 15 is 0 Å². The molecule has 0 atom stereocenters. The molecule has 134 valence electrons. The van der Waals surface area contributed by atoms with E-state index in [9.17, 15) is 4.79 Å². The van der Waals surface area contributed by atoms with E-state index < -0.39 is 0 Å². The van der Waals surface area contributed by atoms with Gasteiger partial charge in [-0.1, -0.05) is 6.92 Å². The normalized spacial score (nSPS) is 15.1. The number of thiazole rings is 1. The minimum atomic E-state index is -0.370. The second-order valence-corrected chi connectivity index (χ2v) is 7.20. The Hall–Kier alpha value is -1.92. The fourth-order valence-electron chi connectivity index (χ4n) is 2.77. The molecule has 0 saturated carbocycles. The third-order valence-corrected chi connectivity index (χ3v) is 5.49. The zero-order chi connectivity index (χ0) is 17.6.